The summed E-state index contributed by atoms with van der Waals surface area (Å²) >= 11 is 5.73. The summed E-state index contributed by atoms with van der Waals surface area (Å²) in [7, 11) is -3.58. The fourth-order valence-electron chi connectivity index (χ4n) is 1.73. The van der Waals surface area contributed by atoms with Crippen molar-refractivity contribution in [2.75, 3.05) is 0 Å². The van der Waals surface area contributed by atoms with Gasteiger partial charge in [0.15, 0.2) is 5.78 Å². The molecule has 0 fully saturated rings. The molecule has 110 valence electrons. The highest BCUT2D eigenvalue weighted by Crippen LogP contribution is 2.14. The van der Waals surface area contributed by atoms with Crippen molar-refractivity contribution in [1.29, 1.82) is 0 Å². The first-order valence-corrected chi connectivity index (χ1v) is 8.10. The summed E-state index contributed by atoms with van der Waals surface area (Å²) in [6.45, 7) is 1.64. The summed E-state index contributed by atoms with van der Waals surface area (Å²) in [5.74, 6) is -0.0247. The Morgan fingerprint density at radius 2 is 1.62 bits per heavy atom. The lowest BCUT2D eigenvalue weighted by Crippen LogP contribution is -2.23. The van der Waals surface area contributed by atoms with Crippen LogP contribution in [0, 0.1) is 0 Å². The lowest BCUT2D eigenvalue weighted by molar-refractivity contribution is 0.101. The van der Waals surface area contributed by atoms with Gasteiger partial charge in [-0.15, -0.1) is 0 Å². The zero-order valence-corrected chi connectivity index (χ0v) is 12.9. The van der Waals surface area contributed by atoms with Crippen LogP contribution in [0.4, 0.5) is 0 Å². The van der Waals surface area contributed by atoms with Crippen molar-refractivity contribution >= 4 is 27.4 Å². The van der Waals surface area contributed by atoms with Crippen LogP contribution < -0.4 is 4.72 Å². The highest BCUT2D eigenvalue weighted by Gasteiger charge is 2.13. The third kappa shape index (κ3) is 4.14. The molecule has 0 saturated carbocycles. The van der Waals surface area contributed by atoms with E-state index in [1.165, 1.54) is 31.2 Å². The van der Waals surface area contributed by atoms with Gasteiger partial charge in [0.05, 0.1) is 4.90 Å². The SMILES string of the molecule is CC(=O)c1ccc(CNS(=O)(=O)c2ccc(Cl)cc2)cc1. The minimum atomic E-state index is -3.58. The molecule has 0 spiro atoms. The molecule has 0 aromatic heterocycles. The maximum absolute atomic E-state index is 12.1. The van der Waals surface area contributed by atoms with Gasteiger partial charge in [-0.2, -0.15) is 0 Å². The summed E-state index contributed by atoms with van der Waals surface area (Å²) < 4.78 is 26.7. The molecule has 0 bridgehead atoms. The van der Waals surface area contributed by atoms with Crippen molar-refractivity contribution < 1.29 is 13.2 Å². The molecule has 21 heavy (non-hydrogen) atoms. The lowest BCUT2D eigenvalue weighted by atomic mass is 10.1. The Labute approximate surface area is 128 Å². The van der Waals surface area contributed by atoms with Gasteiger partial charge >= 0.3 is 0 Å². The highest BCUT2D eigenvalue weighted by molar-refractivity contribution is 7.89. The summed E-state index contributed by atoms with van der Waals surface area (Å²) in [5.41, 5.74) is 1.37. The maximum atomic E-state index is 12.1. The largest absolute Gasteiger partial charge is 0.295 e. The third-order valence-electron chi connectivity index (χ3n) is 2.95. The monoisotopic (exact) mass is 323 g/mol. The quantitative estimate of drug-likeness (QED) is 0.860. The Morgan fingerprint density at radius 1 is 1.05 bits per heavy atom. The number of carbonyl (C=O) groups excluding carboxylic acids is 1. The van der Waals surface area contributed by atoms with Crippen LogP contribution in [-0.2, 0) is 16.6 Å². The van der Waals surface area contributed by atoms with Crippen molar-refractivity contribution in [3.05, 3.63) is 64.7 Å². The number of hydrogen-bond acceptors (Lipinski definition) is 3. The Bertz CT molecular complexity index is 737. The van der Waals surface area contributed by atoms with Crippen molar-refractivity contribution in [2.45, 2.75) is 18.4 Å². The van der Waals surface area contributed by atoms with E-state index in [-0.39, 0.29) is 17.2 Å². The molecule has 6 heteroatoms. The number of halogens is 1. The molecule has 2 aromatic rings. The molecule has 0 atom stereocenters. The van der Waals surface area contributed by atoms with E-state index >= 15 is 0 Å². The first-order valence-electron chi connectivity index (χ1n) is 6.23. The number of sulfonamides is 1. The van der Waals surface area contributed by atoms with Gasteiger partial charge in [-0.25, -0.2) is 13.1 Å². The Hall–Kier alpha value is -1.69. The van der Waals surface area contributed by atoms with Crippen LogP contribution in [0.3, 0.4) is 0 Å². The van der Waals surface area contributed by atoms with Crippen molar-refractivity contribution in [1.82, 2.24) is 4.72 Å². The minimum absolute atomic E-state index is 0.0247. The molecule has 2 aromatic carbocycles. The summed E-state index contributed by atoms with van der Waals surface area (Å²) in [6, 6.07) is 12.7. The second-order valence-electron chi connectivity index (χ2n) is 4.53. The zero-order valence-electron chi connectivity index (χ0n) is 11.3. The van der Waals surface area contributed by atoms with E-state index in [9.17, 15) is 13.2 Å². The van der Waals surface area contributed by atoms with Crippen molar-refractivity contribution in [2.24, 2.45) is 0 Å². The van der Waals surface area contributed by atoms with E-state index in [1.807, 2.05) is 0 Å². The van der Waals surface area contributed by atoms with E-state index in [0.717, 1.165) is 5.56 Å². The number of nitrogens with one attached hydrogen (secondary N) is 1. The van der Waals surface area contributed by atoms with E-state index in [4.69, 9.17) is 11.6 Å². The highest BCUT2D eigenvalue weighted by atomic mass is 35.5. The predicted molar refractivity (Wildman–Crippen MR) is 81.9 cm³/mol. The molecule has 0 saturated heterocycles. The number of Topliss-reactive ketones (excluding diaryl/α,β-unsaturated/α-hetero) is 1. The smallest absolute Gasteiger partial charge is 0.240 e. The van der Waals surface area contributed by atoms with Crippen LogP contribution in [0.5, 0.6) is 0 Å². The normalized spacial score (nSPS) is 11.3. The molecule has 0 aliphatic carbocycles. The molecule has 1 N–H and O–H groups in total. The number of carbonyl (C=O) groups is 1. The van der Waals surface area contributed by atoms with Crippen LogP contribution >= 0.6 is 11.6 Å². The molecule has 0 aliphatic rings. The Kier molecular flexibility index (Phi) is 4.77. The molecule has 4 nitrogen and oxygen atoms in total. The van der Waals surface area contributed by atoms with E-state index in [0.29, 0.717) is 10.6 Å². The van der Waals surface area contributed by atoms with Gasteiger partial charge in [-0.3, -0.25) is 4.79 Å². The summed E-state index contributed by atoms with van der Waals surface area (Å²) in [4.78, 5) is 11.3. The van der Waals surface area contributed by atoms with Crippen LogP contribution in [0.2, 0.25) is 5.02 Å². The molecular formula is C15H14ClNO3S. The van der Waals surface area contributed by atoms with Gasteiger partial charge in [0, 0.05) is 17.1 Å². The van der Waals surface area contributed by atoms with E-state index in [2.05, 4.69) is 4.72 Å². The second-order valence-corrected chi connectivity index (χ2v) is 6.73. The zero-order chi connectivity index (χ0) is 15.5. The molecule has 2 rings (SSSR count). The van der Waals surface area contributed by atoms with Crippen molar-refractivity contribution in [3.63, 3.8) is 0 Å². The molecule has 0 radical (unpaired) electrons. The minimum Gasteiger partial charge on any atom is -0.295 e. The van der Waals surface area contributed by atoms with Gasteiger partial charge in [-0.05, 0) is 36.8 Å². The molecule has 0 aliphatic heterocycles. The Balaban J connectivity index is 2.08. The van der Waals surface area contributed by atoms with Gasteiger partial charge in [0.25, 0.3) is 0 Å². The van der Waals surface area contributed by atoms with Crippen LogP contribution in [-0.4, -0.2) is 14.2 Å². The third-order valence-corrected chi connectivity index (χ3v) is 4.62. The van der Waals surface area contributed by atoms with E-state index < -0.39 is 10.0 Å². The average molecular weight is 324 g/mol. The fraction of sp³-hybridized carbons (Fsp3) is 0.133. The molecule has 0 heterocycles. The van der Waals surface area contributed by atoms with E-state index in [1.54, 1.807) is 24.3 Å². The second kappa shape index (κ2) is 6.39. The fourth-order valence-corrected chi connectivity index (χ4v) is 2.88. The number of ketones is 1. The topological polar surface area (TPSA) is 63.2 Å². The summed E-state index contributed by atoms with van der Waals surface area (Å²) in [5, 5.41) is 0.480. The van der Waals surface area contributed by atoms with Crippen LogP contribution in [0.15, 0.2) is 53.4 Å². The first kappa shape index (κ1) is 15.7. The molecule has 0 unspecified atom stereocenters. The van der Waals surface area contributed by atoms with Crippen LogP contribution in [0.25, 0.3) is 0 Å². The number of hydrogen-bond donors (Lipinski definition) is 1. The average Bonchev–Trinajstić information content (AvgIpc) is 2.46. The Morgan fingerprint density at radius 3 is 2.14 bits per heavy atom. The van der Waals surface area contributed by atoms with Crippen LogP contribution in [0.1, 0.15) is 22.8 Å². The standard InChI is InChI=1S/C15H14ClNO3S/c1-11(18)13-4-2-12(3-5-13)10-17-21(19,20)15-8-6-14(16)7-9-15/h2-9,17H,10H2,1H3. The van der Waals surface area contributed by atoms with Gasteiger partial charge < -0.3 is 0 Å². The van der Waals surface area contributed by atoms with Gasteiger partial charge in [0.1, 0.15) is 0 Å². The van der Waals surface area contributed by atoms with Crippen molar-refractivity contribution in [3.8, 4) is 0 Å². The van der Waals surface area contributed by atoms with Gasteiger partial charge in [0.2, 0.25) is 10.0 Å². The van der Waals surface area contributed by atoms with Gasteiger partial charge in [-0.1, -0.05) is 35.9 Å². The molecular weight excluding hydrogens is 310 g/mol. The predicted octanol–water partition coefficient (Wildman–Crippen LogP) is 3.02. The maximum Gasteiger partial charge on any atom is 0.240 e. The first-order chi connectivity index (χ1) is 9.88. The number of rotatable bonds is 5. The lowest BCUT2D eigenvalue weighted by Gasteiger charge is -2.07. The summed E-state index contributed by atoms with van der Waals surface area (Å²) in [6.07, 6.45) is 0. The number of benzene rings is 2. The molecule has 0 amide bonds.